The zero-order valence-electron chi connectivity index (χ0n) is 19.9. The highest BCUT2D eigenvalue weighted by atomic mass is 17.1. The van der Waals surface area contributed by atoms with Crippen LogP contribution in [0, 0.1) is 16.5 Å². The van der Waals surface area contributed by atoms with Gasteiger partial charge in [0.1, 0.15) is 0 Å². The van der Waals surface area contributed by atoms with Gasteiger partial charge in [0.25, 0.3) is 0 Å². The fourth-order valence-electron chi connectivity index (χ4n) is 4.38. The molecule has 4 rings (SSSR count). The molecular weight excluding hydrogens is 460 g/mol. The third kappa shape index (κ3) is 5.27. The first kappa shape index (κ1) is 25.0. The number of allylic oxidation sites excluding steroid dienone is 3. The molecule has 3 aromatic rings. The zero-order valence-corrected chi connectivity index (χ0v) is 19.9. The summed E-state index contributed by atoms with van der Waals surface area (Å²) in [4.78, 5) is 22.3. The Kier molecular flexibility index (Phi) is 7.73. The zero-order chi connectivity index (χ0) is 25.7. The molecule has 0 saturated heterocycles. The van der Waals surface area contributed by atoms with Crippen molar-refractivity contribution in [2.75, 3.05) is 13.2 Å². The van der Waals surface area contributed by atoms with Gasteiger partial charge in [-0.05, 0) is 37.1 Å². The molecular formula is C27H25N4O5-. The molecule has 2 N–H and O–H groups in total. The van der Waals surface area contributed by atoms with Crippen LogP contribution in [-0.4, -0.2) is 34.8 Å². The molecule has 184 valence electrons. The van der Waals surface area contributed by atoms with Gasteiger partial charge in [-0.2, -0.15) is 5.26 Å². The van der Waals surface area contributed by atoms with E-state index in [1.54, 1.807) is 13.8 Å². The summed E-state index contributed by atoms with van der Waals surface area (Å²) in [5.74, 6) is -1.25. The maximum absolute atomic E-state index is 13.3. The molecule has 36 heavy (non-hydrogen) atoms. The second-order valence-corrected chi connectivity index (χ2v) is 8.31. The normalized spacial score (nSPS) is 15.7. The Morgan fingerprint density at radius 3 is 2.64 bits per heavy atom. The van der Waals surface area contributed by atoms with E-state index in [4.69, 9.17) is 9.94 Å². The van der Waals surface area contributed by atoms with Crippen molar-refractivity contribution in [3.63, 3.8) is 0 Å². The molecule has 0 unspecified atom stereocenters. The highest BCUT2D eigenvalue weighted by Gasteiger charge is 2.35. The highest BCUT2D eigenvalue weighted by molar-refractivity contribution is 5.96. The van der Waals surface area contributed by atoms with E-state index in [0.717, 1.165) is 27.6 Å². The van der Waals surface area contributed by atoms with Crippen LogP contribution in [0.5, 0.6) is 0 Å². The van der Waals surface area contributed by atoms with Crippen LogP contribution in [0.2, 0.25) is 0 Å². The number of ether oxygens (including phenoxy) is 1. The van der Waals surface area contributed by atoms with Gasteiger partial charge in [0.05, 0.1) is 41.9 Å². The van der Waals surface area contributed by atoms with E-state index in [2.05, 4.69) is 21.2 Å². The summed E-state index contributed by atoms with van der Waals surface area (Å²) in [6.45, 7) is 3.42. The predicted molar refractivity (Wildman–Crippen MR) is 133 cm³/mol. The van der Waals surface area contributed by atoms with Gasteiger partial charge in [0.15, 0.2) is 0 Å². The number of hydrogen-bond acceptors (Lipinski definition) is 9. The average Bonchev–Trinajstić information content (AvgIpc) is 2.87. The Hall–Kier alpha value is -4.07. The third-order valence-corrected chi connectivity index (χ3v) is 6.00. The molecule has 1 aliphatic rings. The molecule has 2 heterocycles. The number of nitrogens with zero attached hydrogens (tertiary/aromatic N) is 3. The molecule has 0 amide bonds. The molecule has 0 bridgehead atoms. The SMILES string of the molecule is CC1=C(C#N)[C@@H](c2cccc3ncc(-c4ccccc4)cc23)C(C(=O)OCCCON([O-])O)=C(C)N1. The third-order valence-electron chi connectivity index (χ3n) is 6.00. The van der Waals surface area contributed by atoms with Crippen LogP contribution in [0.15, 0.2) is 83.3 Å². The number of dihydropyridines is 1. The number of carbonyl (C=O) groups is 1. The van der Waals surface area contributed by atoms with Crippen molar-refractivity contribution in [3.05, 3.63) is 94.1 Å². The van der Waals surface area contributed by atoms with E-state index in [0.29, 0.717) is 22.5 Å². The summed E-state index contributed by atoms with van der Waals surface area (Å²) in [5, 5.41) is 32.3. The Bertz CT molecular complexity index is 1380. The number of nitrogens with one attached hydrogen (secondary N) is 1. The number of esters is 1. The summed E-state index contributed by atoms with van der Waals surface area (Å²) < 4.78 is 5.45. The summed E-state index contributed by atoms with van der Waals surface area (Å²) in [7, 11) is 0. The van der Waals surface area contributed by atoms with Gasteiger partial charge in [-0.1, -0.05) is 42.5 Å². The van der Waals surface area contributed by atoms with E-state index >= 15 is 0 Å². The van der Waals surface area contributed by atoms with Gasteiger partial charge in [-0.25, -0.2) is 4.79 Å². The van der Waals surface area contributed by atoms with Crippen molar-refractivity contribution in [2.45, 2.75) is 26.2 Å². The summed E-state index contributed by atoms with van der Waals surface area (Å²) in [6.07, 6.45) is 2.01. The van der Waals surface area contributed by atoms with Crippen molar-refractivity contribution in [2.24, 2.45) is 0 Å². The lowest BCUT2D eigenvalue weighted by Gasteiger charge is -2.29. The van der Waals surface area contributed by atoms with Crippen LogP contribution in [0.25, 0.3) is 22.0 Å². The summed E-state index contributed by atoms with van der Waals surface area (Å²) in [5.41, 5.74) is 5.42. The van der Waals surface area contributed by atoms with E-state index < -0.39 is 17.3 Å². The molecule has 0 radical (unpaired) electrons. The molecule has 0 spiro atoms. The molecule has 1 aliphatic heterocycles. The van der Waals surface area contributed by atoms with Crippen LogP contribution >= 0.6 is 0 Å². The minimum Gasteiger partial charge on any atom is -0.738 e. The van der Waals surface area contributed by atoms with Crippen LogP contribution in [-0.2, 0) is 14.4 Å². The second-order valence-electron chi connectivity index (χ2n) is 8.31. The van der Waals surface area contributed by atoms with Crippen molar-refractivity contribution < 1.29 is 19.6 Å². The standard InChI is InChI=1S/C27H25N4O5/c1-17-23(15-28)26(25(18(2)30-17)27(32)35-12-7-13-36-31(33)34)21-10-6-11-24-22(21)14-20(16-29-24)19-8-4-3-5-9-19/h3-6,8-11,14,16,26,30,33H,7,12-13H2,1-2H3/q-1/t26-/m1/s1. The molecule has 0 fully saturated rings. The molecule has 2 aromatic carbocycles. The fraction of sp³-hybridized carbons (Fsp3) is 0.222. The average molecular weight is 486 g/mol. The first-order valence-corrected chi connectivity index (χ1v) is 11.4. The van der Waals surface area contributed by atoms with Crippen LogP contribution < -0.4 is 5.32 Å². The van der Waals surface area contributed by atoms with Gasteiger partial charge in [0, 0.05) is 35.0 Å². The fourth-order valence-corrected chi connectivity index (χ4v) is 4.38. The first-order chi connectivity index (χ1) is 17.4. The molecule has 1 aromatic heterocycles. The van der Waals surface area contributed by atoms with E-state index in [-0.39, 0.29) is 19.6 Å². The van der Waals surface area contributed by atoms with Crippen molar-refractivity contribution in [1.82, 2.24) is 15.7 Å². The second kappa shape index (κ2) is 11.1. The number of aromatic nitrogens is 1. The minimum atomic E-state index is -0.661. The van der Waals surface area contributed by atoms with Gasteiger partial charge in [0.2, 0.25) is 0 Å². The maximum Gasteiger partial charge on any atom is 0.336 e. The number of benzene rings is 2. The number of pyridine rings is 1. The highest BCUT2D eigenvalue weighted by Crippen LogP contribution is 2.41. The maximum atomic E-state index is 13.3. The first-order valence-electron chi connectivity index (χ1n) is 11.4. The van der Waals surface area contributed by atoms with Gasteiger partial charge < -0.3 is 20.5 Å². The number of nitriles is 1. The predicted octanol–water partition coefficient (Wildman–Crippen LogP) is 4.71. The monoisotopic (exact) mass is 485 g/mol. The number of rotatable bonds is 8. The van der Waals surface area contributed by atoms with Gasteiger partial charge >= 0.3 is 5.97 Å². The molecule has 9 nitrogen and oxygen atoms in total. The molecule has 1 atom stereocenters. The quantitative estimate of drug-likeness (QED) is 0.264. The Morgan fingerprint density at radius 2 is 1.92 bits per heavy atom. The van der Waals surface area contributed by atoms with E-state index in [1.807, 2.05) is 60.8 Å². The smallest absolute Gasteiger partial charge is 0.336 e. The van der Waals surface area contributed by atoms with Crippen molar-refractivity contribution >= 4 is 16.9 Å². The lowest BCUT2D eigenvalue weighted by Crippen LogP contribution is -2.29. The van der Waals surface area contributed by atoms with Crippen LogP contribution in [0.3, 0.4) is 0 Å². The van der Waals surface area contributed by atoms with Crippen LogP contribution in [0.1, 0.15) is 31.7 Å². The minimum absolute atomic E-state index is 0.0317. The Balaban J connectivity index is 1.75. The Morgan fingerprint density at radius 1 is 1.14 bits per heavy atom. The van der Waals surface area contributed by atoms with E-state index in [9.17, 15) is 15.3 Å². The number of fused-ring (bicyclic) bond motifs is 1. The van der Waals surface area contributed by atoms with Gasteiger partial charge in [-0.3, -0.25) is 9.82 Å². The topological polar surface area (TPSA) is 131 Å². The largest absolute Gasteiger partial charge is 0.738 e. The van der Waals surface area contributed by atoms with Crippen LogP contribution in [0.4, 0.5) is 0 Å². The molecule has 0 aliphatic carbocycles. The van der Waals surface area contributed by atoms with E-state index in [1.165, 1.54) is 0 Å². The van der Waals surface area contributed by atoms with Crippen molar-refractivity contribution in [1.29, 1.82) is 5.26 Å². The lowest BCUT2D eigenvalue weighted by molar-refractivity contribution is -0.305. The van der Waals surface area contributed by atoms with Crippen molar-refractivity contribution in [3.8, 4) is 17.2 Å². The summed E-state index contributed by atoms with van der Waals surface area (Å²) >= 11 is 0. The number of carbonyl (C=O) groups excluding carboxylic acids is 1. The number of hydrogen-bond donors (Lipinski definition) is 2. The van der Waals surface area contributed by atoms with Gasteiger partial charge in [-0.15, -0.1) is 5.39 Å². The molecule has 0 saturated carbocycles. The lowest BCUT2D eigenvalue weighted by atomic mass is 9.79. The summed E-state index contributed by atoms with van der Waals surface area (Å²) in [6, 6.07) is 19.8. The molecule has 9 heteroatoms. The Labute approximate surface area is 208 Å².